The average Bonchev–Trinajstić information content (AvgIpc) is 2.75. The maximum Gasteiger partial charge on any atom is 0.258 e. The molecular weight excluding hydrogens is 262 g/mol. The van der Waals surface area contributed by atoms with Crippen LogP contribution in [-0.2, 0) is 4.79 Å². The van der Waals surface area contributed by atoms with E-state index in [1.54, 1.807) is 11.9 Å². The van der Waals surface area contributed by atoms with E-state index in [1.807, 2.05) is 61.5 Å². The fraction of sp³-hybridized carbons (Fsp3) is 0.167. The van der Waals surface area contributed by atoms with Crippen molar-refractivity contribution in [3.63, 3.8) is 0 Å². The summed E-state index contributed by atoms with van der Waals surface area (Å²) in [5.74, 6) is 0.875. The first-order chi connectivity index (χ1) is 10.2. The third-order valence-corrected chi connectivity index (χ3v) is 3.59. The number of benzene rings is 2. The number of ether oxygens (including phenoxy) is 1. The van der Waals surface area contributed by atoms with Crippen molar-refractivity contribution in [2.24, 2.45) is 0 Å². The molecule has 1 amide bonds. The van der Waals surface area contributed by atoms with Crippen LogP contribution in [0.2, 0.25) is 0 Å². The maximum absolute atomic E-state index is 12.4. The van der Waals surface area contributed by atoms with E-state index in [0.717, 1.165) is 28.1 Å². The highest BCUT2D eigenvalue weighted by Gasteiger charge is 2.28. The maximum atomic E-state index is 12.4. The van der Waals surface area contributed by atoms with Crippen molar-refractivity contribution in [1.29, 1.82) is 0 Å². The Bertz CT molecular complexity index is 701. The number of likely N-dealkylation sites (N-methyl/N-ethyl adjacent to an activating group) is 1. The molecule has 0 radical (unpaired) electrons. The van der Waals surface area contributed by atoms with Crippen LogP contribution in [0.25, 0.3) is 11.6 Å². The second-order valence-corrected chi connectivity index (χ2v) is 4.94. The van der Waals surface area contributed by atoms with Crippen molar-refractivity contribution >= 4 is 23.2 Å². The highest BCUT2D eigenvalue weighted by molar-refractivity contribution is 6.35. The number of amides is 1. The zero-order chi connectivity index (χ0) is 14.8. The number of carbonyl (C=O) groups excluding carboxylic acids is 1. The van der Waals surface area contributed by atoms with Crippen LogP contribution in [0.3, 0.4) is 0 Å². The predicted molar refractivity (Wildman–Crippen MR) is 85.3 cm³/mol. The summed E-state index contributed by atoms with van der Waals surface area (Å²) in [6.45, 7) is 2.61. The van der Waals surface area contributed by atoms with Crippen molar-refractivity contribution in [1.82, 2.24) is 0 Å². The molecule has 0 atom stereocenters. The minimum Gasteiger partial charge on any atom is -0.494 e. The second-order valence-electron chi connectivity index (χ2n) is 4.94. The van der Waals surface area contributed by atoms with Crippen molar-refractivity contribution in [2.45, 2.75) is 6.92 Å². The van der Waals surface area contributed by atoms with E-state index in [2.05, 4.69) is 0 Å². The Kier molecular flexibility index (Phi) is 3.48. The molecule has 3 nitrogen and oxygen atoms in total. The molecule has 0 spiro atoms. The molecule has 3 heteroatoms. The van der Waals surface area contributed by atoms with E-state index in [1.165, 1.54) is 0 Å². The highest BCUT2D eigenvalue weighted by Crippen LogP contribution is 2.36. The van der Waals surface area contributed by atoms with Crippen molar-refractivity contribution < 1.29 is 9.53 Å². The zero-order valence-electron chi connectivity index (χ0n) is 12.2. The van der Waals surface area contributed by atoms with E-state index in [-0.39, 0.29) is 5.91 Å². The minimum atomic E-state index is 0.0325. The molecule has 21 heavy (non-hydrogen) atoms. The molecule has 0 N–H and O–H groups in total. The monoisotopic (exact) mass is 279 g/mol. The number of rotatable bonds is 3. The summed E-state index contributed by atoms with van der Waals surface area (Å²) < 4.78 is 5.43. The Hall–Kier alpha value is -2.55. The van der Waals surface area contributed by atoms with Gasteiger partial charge in [0.05, 0.1) is 12.3 Å². The summed E-state index contributed by atoms with van der Waals surface area (Å²) in [5.41, 5.74) is 3.67. The standard InChI is InChI=1S/C18H17NO2/c1-3-21-14-10-8-13(9-11-14)12-16-15-6-4-5-7-17(15)19(2)18(16)20/h4-12H,3H2,1-2H3/b16-12+. The average molecular weight is 279 g/mol. The smallest absolute Gasteiger partial charge is 0.258 e. The lowest BCUT2D eigenvalue weighted by Crippen LogP contribution is -2.20. The highest BCUT2D eigenvalue weighted by atomic mass is 16.5. The molecule has 106 valence electrons. The van der Waals surface area contributed by atoms with E-state index in [9.17, 15) is 4.79 Å². The van der Waals surface area contributed by atoms with Crippen LogP contribution < -0.4 is 9.64 Å². The molecule has 0 saturated carbocycles. The van der Waals surface area contributed by atoms with Crippen LogP contribution in [0.4, 0.5) is 5.69 Å². The molecule has 2 aromatic rings. The fourth-order valence-corrected chi connectivity index (χ4v) is 2.53. The van der Waals surface area contributed by atoms with E-state index >= 15 is 0 Å². The zero-order valence-corrected chi connectivity index (χ0v) is 12.2. The second kappa shape index (κ2) is 5.44. The van der Waals surface area contributed by atoms with Gasteiger partial charge in [0.1, 0.15) is 5.75 Å². The number of carbonyl (C=O) groups is 1. The number of hydrogen-bond donors (Lipinski definition) is 0. The molecule has 2 aromatic carbocycles. The van der Waals surface area contributed by atoms with Gasteiger partial charge in [-0.05, 0) is 36.8 Å². The lowest BCUT2D eigenvalue weighted by molar-refractivity contribution is -0.112. The van der Waals surface area contributed by atoms with Gasteiger partial charge in [0.2, 0.25) is 0 Å². The molecule has 0 fully saturated rings. The van der Waals surface area contributed by atoms with E-state index in [4.69, 9.17) is 4.74 Å². The fourth-order valence-electron chi connectivity index (χ4n) is 2.53. The lowest BCUT2D eigenvalue weighted by Gasteiger charge is -2.08. The molecule has 0 unspecified atom stereocenters. The Morgan fingerprint density at radius 3 is 2.52 bits per heavy atom. The Labute approximate surface area is 124 Å². The van der Waals surface area contributed by atoms with Crippen LogP contribution >= 0.6 is 0 Å². The molecule has 0 saturated heterocycles. The van der Waals surface area contributed by atoms with Gasteiger partial charge in [0.25, 0.3) is 5.91 Å². The van der Waals surface area contributed by atoms with Gasteiger partial charge >= 0.3 is 0 Å². The van der Waals surface area contributed by atoms with Crippen molar-refractivity contribution in [2.75, 3.05) is 18.6 Å². The number of fused-ring (bicyclic) bond motifs is 1. The molecule has 1 aliphatic rings. The molecule has 1 heterocycles. The van der Waals surface area contributed by atoms with Gasteiger partial charge in [0, 0.05) is 18.2 Å². The van der Waals surface area contributed by atoms with Gasteiger partial charge in [-0.15, -0.1) is 0 Å². The van der Waals surface area contributed by atoms with E-state index in [0.29, 0.717) is 6.61 Å². The van der Waals surface area contributed by atoms with Gasteiger partial charge in [0.15, 0.2) is 0 Å². The summed E-state index contributed by atoms with van der Waals surface area (Å²) >= 11 is 0. The number of anilines is 1. The molecule has 3 rings (SSSR count). The van der Waals surface area contributed by atoms with Crippen LogP contribution in [0.5, 0.6) is 5.75 Å². The first-order valence-electron chi connectivity index (χ1n) is 7.02. The summed E-state index contributed by atoms with van der Waals surface area (Å²) in [4.78, 5) is 14.1. The third kappa shape index (κ3) is 2.42. The summed E-state index contributed by atoms with van der Waals surface area (Å²) in [5, 5.41) is 0. The number of nitrogens with zero attached hydrogens (tertiary/aromatic N) is 1. The number of para-hydroxylation sites is 1. The predicted octanol–water partition coefficient (Wildman–Crippen LogP) is 3.60. The summed E-state index contributed by atoms with van der Waals surface area (Å²) in [6, 6.07) is 15.6. The Balaban J connectivity index is 1.98. The van der Waals surface area contributed by atoms with Crippen LogP contribution in [-0.4, -0.2) is 19.6 Å². The quantitative estimate of drug-likeness (QED) is 0.803. The van der Waals surface area contributed by atoms with Gasteiger partial charge in [-0.25, -0.2) is 0 Å². The summed E-state index contributed by atoms with van der Waals surface area (Å²) in [6.07, 6.45) is 1.93. The van der Waals surface area contributed by atoms with Gasteiger partial charge in [-0.1, -0.05) is 30.3 Å². The molecule has 0 aromatic heterocycles. The third-order valence-electron chi connectivity index (χ3n) is 3.59. The van der Waals surface area contributed by atoms with Gasteiger partial charge in [-0.2, -0.15) is 0 Å². The van der Waals surface area contributed by atoms with Crippen molar-refractivity contribution in [3.8, 4) is 5.75 Å². The SMILES string of the molecule is CCOc1ccc(/C=C2/C(=O)N(C)c3ccccc32)cc1. The Morgan fingerprint density at radius 1 is 1.10 bits per heavy atom. The first kappa shape index (κ1) is 13.4. The van der Waals surface area contributed by atoms with Gasteiger partial charge in [-0.3, -0.25) is 4.79 Å². The molecule has 1 aliphatic heterocycles. The molecule has 0 aliphatic carbocycles. The largest absolute Gasteiger partial charge is 0.494 e. The minimum absolute atomic E-state index is 0.0325. The normalized spacial score (nSPS) is 15.4. The van der Waals surface area contributed by atoms with Gasteiger partial charge < -0.3 is 9.64 Å². The summed E-state index contributed by atoms with van der Waals surface area (Å²) in [7, 11) is 1.81. The van der Waals surface area contributed by atoms with Crippen LogP contribution in [0, 0.1) is 0 Å². The Morgan fingerprint density at radius 2 is 1.81 bits per heavy atom. The topological polar surface area (TPSA) is 29.5 Å². The van der Waals surface area contributed by atoms with Crippen LogP contribution in [0.15, 0.2) is 48.5 Å². The van der Waals surface area contributed by atoms with Crippen molar-refractivity contribution in [3.05, 3.63) is 59.7 Å². The van der Waals surface area contributed by atoms with Crippen LogP contribution in [0.1, 0.15) is 18.1 Å². The number of hydrogen-bond acceptors (Lipinski definition) is 2. The molecular formula is C18H17NO2. The molecule has 0 bridgehead atoms. The van der Waals surface area contributed by atoms with E-state index < -0.39 is 0 Å². The lowest BCUT2D eigenvalue weighted by atomic mass is 10.0. The first-order valence-corrected chi connectivity index (χ1v) is 7.02.